The topological polar surface area (TPSA) is 93.9 Å². The number of amides is 1. The van der Waals surface area contributed by atoms with E-state index in [9.17, 15) is 4.79 Å². The van der Waals surface area contributed by atoms with Gasteiger partial charge >= 0.3 is 0 Å². The Morgan fingerprint density at radius 3 is 3.00 bits per heavy atom. The van der Waals surface area contributed by atoms with Crippen LogP contribution in [0, 0.1) is 0 Å². The Hall–Kier alpha value is -2.15. The lowest BCUT2D eigenvalue weighted by Gasteiger charge is -2.09. The average molecular weight is 323 g/mol. The van der Waals surface area contributed by atoms with Crippen LogP contribution >= 0.6 is 15.9 Å². The molecule has 0 aliphatic rings. The monoisotopic (exact) mass is 322 g/mol. The highest BCUT2D eigenvalue weighted by Crippen LogP contribution is 2.32. The van der Waals surface area contributed by atoms with Gasteiger partial charge in [-0.1, -0.05) is 28.6 Å². The summed E-state index contributed by atoms with van der Waals surface area (Å²) < 4.78 is 6.35. The molecule has 1 aromatic heterocycles. The average Bonchev–Trinajstić information content (AvgIpc) is 2.86. The van der Waals surface area contributed by atoms with Gasteiger partial charge in [0.05, 0.1) is 0 Å². The number of primary amides is 1. The van der Waals surface area contributed by atoms with Crippen LogP contribution in [-0.4, -0.2) is 27.9 Å². The van der Waals surface area contributed by atoms with Crippen molar-refractivity contribution < 1.29 is 9.53 Å². The Bertz CT molecular complexity index is 624. The van der Waals surface area contributed by atoms with E-state index in [2.05, 4.69) is 37.9 Å². The number of benzene rings is 1. The predicted octanol–water partition coefficient (Wildman–Crippen LogP) is 1.90. The van der Waals surface area contributed by atoms with Crippen LogP contribution in [0.4, 0.5) is 0 Å². The summed E-state index contributed by atoms with van der Waals surface area (Å²) in [4.78, 5) is 11.3. The third-order valence-electron chi connectivity index (χ3n) is 2.33. The van der Waals surface area contributed by atoms with Gasteiger partial charge in [-0.05, 0) is 18.2 Å². The standard InChI is InChI=1S/C12H11BrN4O2/c1-2-5-19-9-4-3-7(13)6-8(9)10-11(12(14)18)16-17-15-10/h2-4,6H,1,5H2,(H2,14,18)(H,15,16,17). The molecule has 6 nitrogen and oxygen atoms in total. The summed E-state index contributed by atoms with van der Waals surface area (Å²) in [6.07, 6.45) is 1.63. The summed E-state index contributed by atoms with van der Waals surface area (Å²) in [5.41, 5.74) is 6.30. The Morgan fingerprint density at radius 2 is 2.32 bits per heavy atom. The van der Waals surface area contributed by atoms with E-state index in [0.29, 0.717) is 23.6 Å². The molecule has 2 aromatic rings. The maximum absolute atomic E-state index is 11.3. The Kier molecular flexibility index (Phi) is 3.96. The minimum atomic E-state index is -0.654. The number of aromatic amines is 1. The zero-order valence-corrected chi connectivity index (χ0v) is 11.5. The molecule has 0 bridgehead atoms. The van der Waals surface area contributed by atoms with Gasteiger partial charge in [-0.25, -0.2) is 0 Å². The molecule has 0 atom stereocenters. The largest absolute Gasteiger partial charge is 0.489 e. The predicted molar refractivity (Wildman–Crippen MR) is 73.7 cm³/mol. The van der Waals surface area contributed by atoms with E-state index in [1.54, 1.807) is 18.2 Å². The lowest BCUT2D eigenvalue weighted by molar-refractivity contribution is 0.0996. The second kappa shape index (κ2) is 5.66. The molecule has 1 amide bonds. The zero-order valence-electron chi connectivity index (χ0n) is 9.89. The molecule has 0 saturated carbocycles. The van der Waals surface area contributed by atoms with E-state index in [-0.39, 0.29) is 5.69 Å². The number of hydrogen-bond acceptors (Lipinski definition) is 4. The Labute approximate surface area is 117 Å². The first-order valence-electron chi connectivity index (χ1n) is 5.37. The molecule has 7 heteroatoms. The van der Waals surface area contributed by atoms with E-state index in [1.165, 1.54) is 0 Å². The molecule has 0 spiro atoms. The van der Waals surface area contributed by atoms with Crippen molar-refractivity contribution in [3.63, 3.8) is 0 Å². The number of carbonyl (C=O) groups is 1. The van der Waals surface area contributed by atoms with E-state index < -0.39 is 5.91 Å². The fraction of sp³-hybridized carbons (Fsp3) is 0.0833. The summed E-state index contributed by atoms with van der Waals surface area (Å²) in [6, 6.07) is 5.37. The summed E-state index contributed by atoms with van der Waals surface area (Å²) in [5, 5.41) is 10.1. The molecule has 98 valence electrons. The molecule has 0 aliphatic carbocycles. The van der Waals surface area contributed by atoms with Gasteiger partial charge in [-0.2, -0.15) is 15.4 Å². The number of carbonyl (C=O) groups excluding carboxylic acids is 1. The number of nitrogens with two attached hydrogens (primary N) is 1. The minimum absolute atomic E-state index is 0.0709. The summed E-state index contributed by atoms with van der Waals surface area (Å²) in [7, 11) is 0. The van der Waals surface area contributed by atoms with Crippen molar-refractivity contribution in [2.24, 2.45) is 5.73 Å². The minimum Gasteiger partial charge on any atom is -0.489 e. The van der Waals surface area contributed by atoms with Gasteiger partial charge in [0.15, 0.2) is 5.69 Å². The lowest BCUT2D eigenvalue weighted by Crippen LogP contribution is -2.13. The maximum atomic E-state index is 11.3. The molecule has 3 N–H and O–H groups in total. The molecule has 0 fully saturated rings. The third-order valence-corrected chi connectivity index (χ3v) is 2.83. The van der Waals surface area contributed by atoms with Gasteiger partial charge in [-0.15, -0.1) is 0 Å². The molecule has 1 heterocycles. The highest BCUT2D eigenvalue weighted by Gasteiger charge is 2.19. The molecular formula is C12H11BrN4O2. The molecule has 0 saturated heterocycles. The van der Waals surface area contributed by atoms with Gasteiger partial charge in [0.1, 0.15) is 18.1 Å². The van der Waals surface area contributed by atoms with E-state index >= 15 is 0 Å². The van der Waals surface area contributed by atoms with Crippen LogP contribution in [0.1, 0.15) is 10.5 Å². The molecule has 1 aromatic carbocycles. The normalized spacial score (nSPS) is 10.2. The number of aromatic nitrogens is 3. The first-order chi connectivity index (χ1) is 9.13. The second-order valence-corrected chi connectivity index (χ2v) is 4.54. The van der Waals surface area contributed by atoms with Crippen LogP contribution in [0.5, 0.6) is 5.75 Å². The molecule has 19 heavy (non-hydrogen) atoms. The third kappa shape index (κ3) is 2.82. The number of nitrogens with zero attached hydrogens (tertiary/aromatic N) is 2. The highest BCUT2D eigenvalue weighted by atomic mass is 79.9. The van der Waals surface area contributed by atoms with Gasteiger partial charge in [0.25, 0.3) is 5.91 Å². The SMILES string of the molecule is C=CCOc1ccc(Br)cc1-c1n[nH]nc1C(N)=O. The van der Waals surface area contributed by atoms with Crippen molar-refractivity contribution in [1.29, 1.82) is 0 Å². The number of halogens is 1. The van der Waals surface area contributed by atoms with Crippen molar-refractivity contribution in [1.82, 2.24) is 15.4 Å². The summed E-state index contributed by atoms with van der Waals surface area (Å²) in [6.45, 7) is 3.93. The summed E-state index contributed by atoms with van der Waals surface area (Å²) in [5.74, 6) is -0.0853. The smallest absolute Gasteiger partial charge is 0.271 e. The first kappa shape index (κ1) is 13.3. The fourth-order valence-electron chi connectivity index (χ4n) is 1.55. The Balaban J connectivity index is 2.52. The van der Waals surface area contributed by atoms with Gasteiger partial charge < -0.3 is 10.5 Å². The van der Waals surface area contributed by atoms with E-state index in [4.69, 9.17) is 10.5 Å². The van der Waals surface area contributed by atoms with E-state index in [0.717, 1.165) is 4.47 Å². The zero-order chi connectivity index (χ0) is 13.8. The van der Waals surface area contributed by atoms with Crippen molar-refractivity contribution in [2.75, 3.05) is 6.61 Å². The number of ether oxygens (including phenoxy) is 1. The van der Waals surface area contributed by atoms with Gasteiger partial charge in [-0.3, -0.25) is 4.79 Å². The van der Waals surface area contributed by atoms with Crippen LogP contribution in [0.2, 0.25) is 0 Å². The fourth-order valence-corrected chi connectivity index (χ4v) is 1.91. The lowest BCUT2D eigenvalue weighted by atomic mass is 10.1. The number of nitrogens with one attached hydrogen (secondary N) is 1. The number of rotatable bonds is 5. The number of H-pyrrole nitrogens is 1. The van der Waals surface area contributed by atoms with Crippen LogP contribution in [0.3, 0.4) is 0 Å². The van der Waals surface area contributed by atoms with Crippen LogP contribution in [0.25, 0.3) is 11.3 Å². The highest BCUT2D eigenvalue weighted by molar-refractivity contribution is 9.10. The van der Waals surface area contributed by atoms with Crippen LogP contribution in [0.15, 0.2) is 35.3 Å². The van der Waals surface area contributed by atoms with Crippen LogP contribution < -0.4 is 10.5 Å². The van der Waals surface area contributed by atoms with Crippen LogP contribution in [-0.2, 0) is 0 Å². The number of hydrogen-bond donors (Lipinski definition) is 2. The van der Waals surface area contributed by atoms with Crippen molar-refractivity contribution in [3.05, 3.63) is 41.0 Å². The van der Waals surface area contributed by atoms with E-state index in [1.807, 2.05) is 6.07 Å². The molecule has 0 unspecified atom stereocenters. The molecule has 0 aliphatic heterocycles. The Morgan fingerprint density at radius 1 is 1.53 bits per heavy atom. The second-order valence-electron chi connectivity index (χ2n) is 3.63. The van der Waals surface area contributed by atoms with Gasteiger partial charge in [0, 0.05) is 10.0 Å². The molecule has 2 rings (SSSR count). The first-order valence-corrected chi connectivity index (χ1v) is 6.17. The van der Waals surface area contributed by atoms with Crippen molar-refractivity contribution in [3.8, 4) is 17.0 Å². The van der Waals surface area contributed by atoms with Crippen molar-refractivity contribution in [2.45, 2.75) is 0 Å². The van der Waals surface area contributed by atoms with Crippen molar-refractivity contribution >= 4 is 21.8 Å². The van der Waals surface area contributed by atoms with Gasteiger partial charge in [0.2, 0.25) is 0 Å². The molecule has 0 radical (unpaired) electrons. The maximum Gasteiger partial charge on any atom is 0.271 e. The summed E-state index contributed by atoms with van der Waals surface area (Å²) >= 11 is 3.36. The quantitative estimate of drug-likeness (QED) is 0.822. The molecular weight excluding hydrogens is 312 g/mol.